The summed E-state index contributed by atoms with van der Waals surface area (Å²) in [6.07, 6.45) is 0.934. The van der Waals surface area contributed by atoms with E-state index in [4.69, 9.17) is 18.9 Å². The molecule has 1 aliphatic rings. The molecule has 7 nitrogen and oxygen atoms in total. The fourth-order valence-corrected chi connectivity index (χ4v) is 4.04. The molecule has 1 unspecified atom stereocenters. The number of amides is 1. The van der Waals surface area contributed by atoms with Gasteiger partial charge in [0.15, 0.2) is 11.5 Å². The fourth-order valence-electron chi connectivity index (χ4n) is 4.04. The number of rotatable bonds is 9. The van der Waals surface area contributed by atoms with Crippen LogP contribution < -0.4 is 24.4 Å². The third kappa shape index (κ3) is 5.04. The molecule has 2 atom stereocenters. The van der Waals surface area contributed by atoms with Crippen LogP contribution in [0.2, 0.25) is 0 Å². The number of nitrogens with one attached hydrogen (secondary N) is 2. The highest BCUT2D eigenvalue weighted by Gasteiger charge is 2.33. The number of benzene rings is 2. The van der Waals surface area contributed by atoms with E-state index in [2.05, 4.69) is 29.6 Å². The average Bonchev–Trinajstić information content (AvgIpc) is 2.78. The standard InChI is InChI=1S/C23H30N2O5/c1-27-15-23(26)24-13-20-19-12-22(30-4)21(29-3)11-17(19)9-10-25(20)14-16-5-7-18(28-2)8-6-16/h5-8,11-12,20H,9-10,13-15H2,1-4H3,(H,24,26)/p+1/t20-/m0/s1. The largest absolute Gasteiger partial charge is 0.497 e. The van der Waals surface area contributed by atoms with Gasteiger partial charge in [-0.15, -0.1) is 0 Å². The molecule has 0 aliphatic carbocycles. The molecule has 7 heteroatoms. The topological polar surface area (TPSA) is 70.5 Å². The molecule has 30 heavy (non-hydrogen) atoms. The van der Waals surface area contributed by atoms with Crippen molar-refractivity contribution in [2.75, 3.05) is 48.1 Å². The first-order chi connectivity index (χ1) is 14.6. The van der Waals surface area contributed by atoms with Crippen molar-refractivity contribution in [1.82, 2.24) is 5.32 Å². The van der Waals surface area contributed by atoms with Crippen molar-refractivity contribution in [1.29, 1.82) is 0 Å². The van der Waals surface area contributed by atoms with Crippen molar-refractivity contribution >= 4 is 5.91 Å². The van der Waals surface area contributed by atoms with Gasteiger partial charge in [0.2, 0.25) is 5.91 Å². The minimum atomic E-state index is -0.117. The quantitative estimate of drug-likeness (QED) is 0.643. The predicted molar refractivity (Wildman–Crippen MR) is 113 cm³/mol. The van der Waals surface area contributed by atoms with Crippen LogP contribution in [0.5, 0.6) is 17.2 Å². The van der Waals surface area contributed by atoms with Crippen LogP contribution in [-0.4, -0.2) is 54.0 Å². The Morgan fingerprint density at radius 2 is 1.73 bits per heavy atom. The Balaban J connectivity index is 1.88. The lowest BCUT2D eigenvalue weighted by molar-refractivity contribution is -0.945. The van der Waals surface area contributed by atoms with E-state index in [0.29, 0.717) is 12.3 Å². The van der Waals surface area contributed by atoms with Crippen molar-refractivity contribution in [3.63, 3.8) is 0 Å². The van der Waals surface area contributed by atoms with Gasteiger partial charge in [0.1, 0.15) is 24.9 Å². The summed E-state index contributed by atoms with van der Waals surface area (Å²) in [5, 5.41) is 3.02. The second-order valence-electron chi connectivity index (χ2n) is 7.38. The number of carbonyl (C=O) groups excluding carboxylic acids is 1. The molecular weight excluding hydrogens is 384 g/mol. The third-order valence-electron chi connectivity index (χ3n) is 5.60. The number of fused-ring (bicyclic) bond motifs is 1. The third-order valence-corrected chi connectivity index (χ3v) is 5.60. The number of methoxy groups -OCH3 is 4. The minimum Gasteiger partial charge on any atom is -0.497 e. The van der Waals surface area contributed by atoms with Crippen molar-refractivity contribution < 1.29 is 28.6 Å². The van der Waals surface area contributed by atoms with Gasteiger partial charge in [-0.05, 0) is 42.0 Å². The molecule has 0 radical (unpaired) electrons. The molecule has 1 amide bonds. The number of ether oxygens (including phenoxy) is 4. The Morgan fingerprint density at radius 3 is 2.37 bits per heavy atom. The lowest BCUT2D eigenvalue weighted by Gasteiger charge is -2.35. The zero-order chi connectivity index (χ0) is 21.5. The van der Waals surface area contributed by atoms with E-state index in [1.54, 1.807) is 21.3 Å². The second-order valence-corrected chi connectivity index (χ2v) is 7.38. The van der Waals surface area contributed by atoms with Gasteiger partial charge < -0.3 is 29.2 Å². The molecule has 162 valence electrons. The van der Waals surface area contributed by atoms with Crippen molar-refractivity contribution in [3.05, 3.63) is 53.1 Å². The van der Waals surface area contributed by atoms with Gasteiger partial charge >= 0.3 is 0 Å². The van der Waals surface area contributed by atoms with Crippen LogP contribution in [0.15, 0.2) is 36.4 Å². The van der Waals surface area contributed by atoms with Crippen molar-refractivity contribution in [3.8, 4) is 17.2 Å². The molecule has 0 saturated heterocycles. The predicted octanol–water partition coefficient (Wildman–Crippen LogP) is 1.16. The highest BCUT2D eigenvalue weighted by atomic mass is 16.5. The first-order valence-electron chi connectivity index (χ1n) is 10.1. The average molecular weight is 416 g/mol. The maximum atomic E-state index is 12.1. The Morgan fingerprint density at radius 1 is 1.03 bits per heavy atom. The van der Waals surface area contributed by atoms with E-state index >= 15 is 0 Å². The number of hydrogen-bond acceptors (Lipinski definition) is 5. The molecule has 2 aromatic rings. The van der Waals surface area contributed by atoms with Crippen LogP contribution in [0, 0.1) is 0 Å². The Bertz CT molecular complexity index is 853. The normalized spacial score (nSPS) is 17.7. The maximum absolute atomic E-state index is 12.1. The molecule has 0 spiro atoms. The van der Waals surface area contributed by atoms with Crippen LogP contribution >= 0.6 is 0 Å². The van der Waals surface area contributed by atoms with Gasteiger partial charge in [0.25, 0.3) is 0 Å². The molecule has 2 aromatic carbocycles. The van der Waals surface area contributed by atoms with E-state index in [0.717, 1.165) is 31.0 Å². The minimum absolute atomic E-state index is 0.0549. The zero-order valence-electron chi connectivity index (χ0n) is 18.1. The summed E-state index contributed by atoms with van der Waals surface area (Å²) in [6.45, 7) is 2.39. The second kappa shape index (κ2) is 10.3. The summed E-state index contributed by atoms with van der Waals surface area (Å²) >= 11 is 0. The molecule has 0 saturated carbocycles. The van der Waals surface area contributed by atoms with E-state index in [1.807, 2.05) is 12.1 Å². The summed E-state index contributed by atoms with van der Waals surface area (Å²) in [5.41, 5.74) is 3.64. The van der Waals surface area contributed by atoms with E-state index in [9.17, 15) is 4.79 Å². The highest BCUT2D eigenvalue weighted by Crippen LogP contribution is 2.34. The van der Waals surface area contributed by atoms with Gasteiger partial charge in [0.05, 0.1) is 34.4 Å². The molecule has 3 rings (SSSR count). The van der Waals surface area contributed by atoms with Crippen LogP contribution in [0.25, 0.3) is 0 Å². The van der Waals surface area contributed by atoms with Gasteiger partial charge in [0, 0.05) is 24.7 Å². The monoisotopic (exact) mass is 415 g/mol. The van der Waals surface area contributed by atoms with Crippen LogP contribution in [0.4, 0.5) is 0 Å². The van der Waals surface area contributed by atoms with E-state index < -0.39 is 0 Å². The first kappa shape index (κ1) is 21.9. The Hall–Kier alpha value is -2.77. The SMILES string of the molecule is COCC(=O)NC[C@H]1c2cc(OC)c(OC)cc2CC[NH+]1Cc1ccc(OC)cc1. The molecular formula is C23H31N2O5+. The fraction of sp³-hybridized carbons (Fsp3) is 0.435. The summed E-state index contributed by atoms with van der Waals surface area (Å²) < 4.78 is 21.2. The number of hydrogen-bond donors (Lipinski definition) is 2. The maximum Gasteiger partial charge on any atom is 0.246 e. The molecule has 2 N–H and O–H groups in total. The molecule has 0 aromatic heterocycles. The lowest BCUT2D eigenvalue weighted by Crippen LogP contribution is -3.12. The summed E-state index contributed by atoms with van der Waals surface area (Å²) in [7, 11) is 6.48. The summed E-state index contributed by atoms with van der Waals surface area (Å²) in [5.74, 6) is 2.17. The molecule has 0 fully saturated rings. The van der Waals surface area contributed by atoms with Crippen molar-refractivity contribution in [2.24, 2.45) is 0 Å². The van der Waals surface area contributed by atoms with Crippen LogP contribution in [0.1, 0.15) is 22.7 Å². The van der Waals surface area contributed by atoms with Crippen LogP contribution in [0.3, 0.4) is 0 Å². The smallest absolute Gasteiger partial charge is 0.246 e. The first-order valence-corrected chi connectivity index (χ1v) is 10.1. The molecule has 1 aliphatic heterocycles. The van der Waals surface area contributed by atoms with Crippen molar-refractivity contribution in [2.45, 2.75) is 19.0 Å². The van der Waals surface area contributed by atoms with Gasteiger partial charge in [-0.1, -0.05) is 0 Å². The summed E-state index contributed by atoms with van der Waals surface area (Å²) in [4.78, 5) is 13.4. The van der Waals surface area contributed by atoms with E-state index in [1.165, 1.54) is 28.7 Å². The molecule has 1 heterocycles. The summed E-state index contributed by atoms with van der Waals surface area (Å²) in [6, 6.07) is 12.4. The number of quaternary nitrogens is 1. The van der Waals surface area contributed by atoms with E-state index in [-0.39, 0.29) is 18.6 Å². The highest BCUT2D eigenvalue weighted by molar-refractivity contribution is 5.77. The van der Waals surface area contributed by atoms with Gasteiger partial charge in [-0.25, -0.2) is 0 Å². The van der Waals surface area contributed by atoms with Crippen LogP contribution in [-0.2, 0) is 22.5 Å². The lowest BCUT2D eigenvalue weighted by atomic mass is 9.91. The zero-order valence-corrected chi connectivity index (χ0v) is 18.1. The molecule has 0 bridgehead atoms. The number of carbonyl (C=O) groups is 1. The van der Waals surface area contributed by atoms with Gasteiger partial charge in [-0.3, -0.25) is 4.79 Å². The Kier molecular flexibility index (Phi) is 7.54. The Labute approximate surface area is 177 Å². The van der Waals surface area contributed by atoms with Gasteiger partial charge in [-0.2, -0.15) is 0 Å².